The molecule has 144 valence electrons. The lowest BCUT2D eigenvalue weighted by molar-refractivity contribution is -0.129. The van der Waals surface area contributed by atoms with Crippen molar-refractivity contribution in [1.29, 1.82) is 0 Å². The summed E-state index contributed by atoms with van der Waals surface area (Å²) < 4.78 is 16.7. The summed E-state index contributed by atoms with van der Waals surface area (Å²) in [6.45, 7) is 2.00. The summed E-state index contributed by atoms with van der Waals surface area (Å²) in [4.78, 5) is 25.5. The van der Waals surface area contributed by atoms with Crippen molar-refractivity contribution >= 4 is 23.0 Å². The smallest absolute Gasteiger partial charge is 0.336 e. The van der Waals surface area contributed by atoms with Gasteiger partial charge in [0.05, 0.1) is 11.6 Å². The quantitative estimate of drug-likeness (QED) is 0.347. The zero-order chi connectivity index (χ0) is 20.2. The molecule has 4 aromatic rings. The van der Waals surface area contributed by atoms with Gasteiger partial charge in [-0.25, -0.2) is 4.79 Å². The number of carbonyl (C=O) groups is 1. The second-order valence-electron chi connectivity index (χ2n) is 6.42. The highest BCUT2D eigenvalue weighted by atomic mass is 16.5. The Bertz CT molecular complexity index is 1230. The monoisotopic (exact) mass is 386 g/mol. The molecule has 0 aliphatic carbocycles. The molecule has 0 atom stereocenters. The van der Waals surface area contributed by atoms with E-state index in [-0.39, 0.29) is 11.5 Å². The van der Waals surface area contributed by atoms with E-state index in [2.05, 4.69) is 0 Å². The van der Waals surface area contributed by atoms with Gasteiger partial charge in [-0.15, -0.1) is 0 Å². The van der Waals surface area contributed by atoms with Crippen LogP contribution in [0.4, 0.5) is 0 Å². The fourth-order valence-electron chi connectivity index (χ4n) is 2.97. The molecule has 0 saturated carbocycles. The molecule has 29 heavy (non-hydrogen) atoms. The van der Waals surface area contributed by atoms with Crippen molar-refractivity contribution < 1.29 is 18.4 Å². The number of carbonyl (C=O) groups excluding carboxylic acids is 1. The van der Waals surface area contributed by atoms with Crippen LogP contribution >= 0.6 is 0 Å². The number of rotatable bonds is 5. The van der Waals surface area contributed by atoms with Gasteiger partial charge in [0.15, 0.2) is 5.76 Å². The predicted molar refractivity (Wildman–Crippen MR) is 111 cm³/mol. The Morgan fingerprint density at radius 3 is 2.62 bits per heavy atom. The van der Waals surface area contributed by atoms with E-state index >= 15 is 0 Å². The first-order valence-electron chi connectivity index (χ1n) is 9.24. The average molecular weight is 386 g/mol. The molecule has 0 radical (unpaired) electrons. The van der Waals surface area contributed by atoms with Crippen molar-refractivity contribution in [2.24, 2.45) is 0 Å². The minimum atomic E-state index is -0.681. The van der Waals surface area contributed by atoms with Crippen LogP contribution in [0.2, 0.25) is 0 Å². The van der Waals surface area contributed by atoms with Gasteiger partial charge in [-0.1, -0.05) is 43.3 Å². The highest BCUT2D eigenvalue weighted by molar-refractivity contribution is 5.90. The molecule has 5 heteroatoms. The van der Waals surface area contributed by atoms with Crippen LogP contribution in [-0.2, 0) is 11.2 Å². The summed E-state index contributed by atoms with van der Waals surface area (Å²) in [6, 6.07) is 18.0. The molecule has 0 spiro atoms. The summed E-state index contributed by atoms with van der Waals surface area (Å²) in [7, 11) is 0. The van der Waals surface area contributed by atoms with Crippen molar-refractivity contribution in [3.8, 4) is 17.3 Å². The van der Waals surface area contributed by atoms with Gasteiger partial charge in [-0.05, 0) is 47.9 Å². The molecular weight excluding hydrogens is 368 g/mol. The number of furan rings is 1. The van der Waals surface area contributed by atoms with Crippen molar-refractivity contribution in [2.75, 3.05) is 0 Å². The minimum Gasteiger partial charge on any atom is -0.461 e. The van der Waals surface area contributed by atoms with Crippen LogP contribution in [0.3, 0.4) is 0 Å². The number of fused-ring (bicyclic) bond motifs is 1. The van der Waals surface area contributed by atoms with Gasteiger partial charge in [0, 0.05) is 6.08 Å². The standard InChI is InChI=1S/C24H18O5/c1-2-16-10-12-19-18(15-16)22(26)24(23(28-19)20-9-6-14-27-20)29-21(25)13-11-17-7-4-3-5-8-17/h3-15H,2H2,1H3/b13-11+. The van der Waals surface area contributed by atoms with E-state index < -0.39 is 11.4 Å². The Balaban J connectivity index is 1.77. The summed E-state index contributed by atoms with van der Waals surface area (Å²) in [6.07, 6.45) is 5.12. The van der Waals surface area contributed by atoms with Gasteiger partial charge in [-0.3, -0.25) is 4.79 Å². The molecule has 0 aliphatic rings. The van der Waals surface area contributed by atoms with E-state index in [9.17, 15) is 9.59 Å². The molecule has 5 nitrogen and oxygen atoms in total. The minimum absolute atomic E-state index is 0.0817. The molecule has 0 N–H and O–H groups in total. The SMILES string of the molecule is CCc1ccc2oc(-c3ccco3)c(OC(=O)/C=C/c3ccccc3)c(=O)c2c1. The van der Waals surface area contributed by atoms with E-state index in [1.807, 2.05) is 43.3 Å². The first-order chi connectivity index (χ1) is 14.2. The normalized spacial score (nSPS) is 11.2. The molecule has 2 heterocycles. The predicted octanol–water partition coefficient (Wildman–Crippen LogP) is 5.23. The largest absolute Gasteiger partial charge is 0.461 e. The van der Waals surface area contributed by atoms with Crippen LogP contribution in [0.15, 0.2) is 86.6 Å². The number of aryl methyl sites for hydroxylation is 1. The van der Waals surface area contributed by atoms with Crippen molar-refractivity contribution in [1.82, 2.24) is 0 Å². The molecule has 2 aromatic heterocycles. The van der Waals surface area contributed by atoms with Crippen molar-refractivity contribution in [3.63, 3.8) is 0 Å². The number of hydrogen-bond donors (Lipinski definition) is 0. The Morgan fingerprint density at radius 2 is 1.90 bits per heavy atom. The Morgan fingerprint density at radius 1 is 1.07 bits per heavy atom. The zero-order valence-electron chi connectivity index (χ0n) is 15.8. The summed E-state index contributed by atoms with van der Waals surface area (Å²) in [5.74, 6) is -0.486. The number of ether oxygens (including phenoxy) is 1. The number of benzene rings is 2. The maximum atomic E-state index is 13.1. The third-order valence-corrected chi connectivity index (χ3v) is 4.48. The Kier molecular flexibility index (Phi) is 5.12. The van der Waals surface area contributed by atoms with Crippen molar-refractivity contribution in [2.45, 2.75) is 13.3 Å². The second kappa shape index (κ2) is 8.02. The number of hydrogen-bond acceptors (Lipinski definition) is 5. The molecule has 0 saturated heterocycles. The highest BCUT2D eigenvalue weighted by Crippen LogP contribution is 2.31. The van der Waals surface area contributed by atoms with Crippen LogP contribution in [-0.4, -0.2) is 5.97 Å². The molecule has 0 amide bonds. The molecule has 0 unspecified atom stereocenters. The van der Waals surface area contributed by atoms with E-state index in [1.165, 1.54) is 12.3 Å². The van der Waals surface area contributed by atoms with E-state index in [4.69, 9.17) is 13.6 Å². The third-order valence-electron chi connectivity index (χ3n) is 4.48. The highest BCUT2D eigenvalue weighted by Gasteiger charge is 2.21. The summed E-state index contributed by atoms with van der Waals surface area (Å²) in [5.41, 5.74) is 1.80. The van der Waals surface area contributed by atoms with Crippen LogP contribution < -0.4 is 10.2 Å². The Labute approximate surface area is 166 Å². The third kappa shape index (κ3) is 3.89. The molecular formula is C24H18O5. The molecule has 2 aromatic carbocycles. The topological polar surface area (TPSA) is 69.7 Å². The van der Waals surface area contributed by atoms with Gasteiger partial charge in [0.2, 0.25) is 16.9 Å². The first kappa shape index (κ1) is 18.5. The van der Waals surface area contributed by atoms with Crippen LogP contribution in [0.25, 0.3) is 28.6 Å². The molecule has 4 rings (SSSR count). The van der Waals surface area contributed by atoms with Gasteiger partial charge >= 0.3 is 5.97 Å². The van der Waals surface area contributed by atoms with Crippen LogP contribution in [0.5, 0.6) is 5.75 Å². The molecule has 0 aliphatic heterocycles. The number of esters is 1. The summed E-state index contributed by atoms with van der Waals surface area (Å²) >= 11 is 0. The van der Waals surface area contributed by atoms with Gasteiger partial charge in [0.25, 0.3) is 0 Å². The first-order valence-corrected chi connectivity index (χ1v) is 9.24. The van der Waals surface area contributed by atoms with E-state index in [0.717, 1.165) is 17.5 Å². The molecule has 0 fully saturated rings. The van der Waals surface area contributed by atoms with Crippen molar-refractivity contribution in [3.05, 3.63) is 94.4 Å². The van der Waals surface area contributed by atoms with E-state index in [1.54, 1.807) is 30.3 Å². The Hall–Kier alpha value is -3.86. The maximum Gasteiger partial charge on any atom is 0.336 e. The maximum absolute atomic E-state index is 13.1. The van der Waals surface area contributed by atoms with Crippen LogP contribution in [0, 0.1) is 0 Å². The second-order valence-corrected chi connectivity index (χ2v) is 6.42. The lowest BCUT2D eigenvalue weighted by atomic mass is 10.1. The fourth-order valence-corrected chi connectivity index (χ4v) is 2.97. The average Bonchev–Trinajstić information content (AvgIpc) is 3.29. The van der Waals surface area contributed by atoms with Gasteiger partial charge < -0.3 is 13.6 Å². The van der Waals surface area contributed by atoms with E-state index in [0.29, 0.717) is 16.7 Å². The van der Waals surface area contributed by atoms with Gasteiger partial charge in [-0.2, -0.15) is 0 Å². The van der Waals surface area contributed by atoms with Crippen LogP contribution in [0.1, 0.15) is 18.1 Å². The lowest BCUT2D eigenvalue weighted by Crippen LogP contribution is -2.14. The van der Waals surface area contributed by atoms with Gasteiger partial charge in [0.1, 0.15) is 5.58 Å². The molecule has 0 bridgehead atoms. The lowest BCUT2D eigenvalue weighted by Gasteiger charge is -2.08. The fraction of sp³-hybridized carbons (Fsp3) is 0.0833. The summed E-state index contributed by atoms with van der Waals surface area (Å²) in [5, 5.41) is 0.356. The zero-order valence-corrected chi connectivity index (χ0v) is 15.8.